The summed E-state index contributed by atoms with van der Waals surface area (Å²) in [5.41, 5.74) is 3.69. The van der Waals surface area contributed by atoms with Gasteiger partial charge in [-0.05, 0) is 48.5 Å². The van der Waals surface area contributed by atoms with Crippen molar-refractivity contribution in [2.24, 2.45) is 0 Å². The van der Waals surface area contributed by atoms with Crippen LogP contribution in [0.1, 0.15) is 1.37 Å². The first kappa shape index (κ1) is 17.8. The summed E-state index contributed by atoms with van der Waals surface area (Å²) in [5.74, 6) is 0. The molecule has 32 heavy (non-hydrogen) atoms. The first-order valence-corrected chi connectivity index (χ1v) is 11.6. The molecule has 6 aromatic rings. The van der Waals surface area contributed by atoms with Crippen LogP contribution in [0.3, 0.4) is 0 Å². The molecule has 4 aromatic carbocycles. The predicted octanol–water partition coefficient (Wildman–Crippen LogP) is 6.74. The number of hydrogen-bond donors (Lipinski definition) is 0. The Hall–Kier alpha value is -3.89. The zero-order valence-corrected chi connectivity index (χ0v) is 18.0. The molecule has 0 bridgehead atoms. The first-order valence-electron chi connectivity index (χ1n) is 11.0. The molecule has 2 aromatic heterocycles. The molecule has 0 N–H and O–H groups in total. The largest absolute Gasteiger partial charge is 0.302 e. The summed E-state index contributed by atoms with van der Waals surface area (Å²) in [6.07, 6.45) is 0. The molecule has 4 heteroatoms. The van der Waals surface area contributed by atoms with E-state index in [2.05, 4.69) is 0 Å². The van der Waals surface area contributed by atoms with E-state index in [0.717, 1.165) is 33.2 Å². The van der Waals surface area contributed by atoms with Crippen LogP contribution in [0, 0.1) is 0 Å². The molecule has 0 fully saturated rings. The minimum absolute atomic E-state index is 0.289. The van der Waals surface area contributed by atoms with Gasteiger partial charge in [0, 0.05) is 22.1 Å². The van der Waals surface area contributed by atoms with E-state index in [9.17, 15) is 4.21 Å². The van der Waals surface area contributed by atoms with Crippen LogP contribution < -0.4 is 0 Å². The molecular formula is C28H20N2OS. The van der Waals surface area contributed by atoms with Gasteiger partial charge in [0.25, 0.3) is 0 Å². The number of benzene rings is 4. The summed E-state index contributed by atoms with van der Waals surface area (Å²) in [4.78, 5) is 0. The lowest BCUT2D eigenvalue weighted by molar-refractivity contribution is 0.673. The molecule has 0 aliphatic rings. The van der Waals surface area contributed by atoms with Gasteiger partial charge < -0.3 is 9.13 Å². The highest BCUT2D eigenvalue weighted by Gasteiger charge is 2.22. The van der Waals surface area contributed by atoms with Crippen LogP contribution in [0.2, 0.25) is 0 Å². The molecule has 3 nitrogen and oxygen atoms in total. The van der Waals surface area contributed by atoms with E-state index in [1.165, 1.54) is 0 Å². The van der Waals surface area contributed by atoms with Crippen molar-refractivity contribution in [3.63, 3.8) is 0 Å². The van der Waals surface area contributed by atoms with Gasteiger partial charge in [-0.1, -0.05) is 72.8 Å². The van der Waals surface area contributed by atoms with Crippen molar-refractivity contribution in [2.75, 3.05) is 0 Å². The lowest BCUT2D eigenvalue weighted by Crippen LogP contribution is -2.07. The summed E-state index contributed by atoms with van der Waals surface area (Å²) < 4.78 is 27.3. The quantitative estimate of drug-likeness (QED) is 0.302. The number of nitrogens with zero attached hydrogens (tertiary/aromatic N) is 2. The number of fused-ring (bicyclic) bond motifs is 2. The second-order valence-corrected chi connectivity index (χ2v) is 8.94. The van der Waals surface area contributed by atoms with Gasteiger partial charge in [0.05, 0.1) is 12.4 Å². The monoisotopic (exact) mass is 433 g/mol. The van der Waals surface area contributed by atoms with Gasteiger partial charge in [-0.15, -0.1) is 0 Å². The maximum absolute atomic E-state index is 14.3. The molecule has 0 aliphatic heterocycles. The van der Waals surface area contributed by atoms with Crippen LogP contribution in [0.15, 0.2) is 131 Å². The van der Waals surface area contributed by atoms with E-state index in [-0.39, 0.29) is 6.04 Å². The molecular weight excluding hydrogens is 412 g/mol. The van der Waals surface area contributed by atoms with Gasteiger partial charge >= 0.3 is 0 Å². The normalized spacial score (nSPS) is 12.8. The third kappa shape index (κ3) is 3.00. The van der Waals surface area contributed by atoms with Crippen LogP contribution in [0.5, 0.6) is 0 Å². The standard InChI is InChI=1S/C28H20N2OS/c31-32(27-19-21-11-7-9-17-25(21)29(27)23-13-3-1-4-14-23)28-20-22-12-8-10-18-26(22)30(28)24-15-5-2-6-16-24/h1-20H/i19D. The predicted molar refractivity (Wildman–Crippen MR) is 131 cm³/mol. The molecule has 0 radical (unpaired) electrons. The van der Waals surface area contributed by atoms with Crippen molar-refractivity contribution >= 4 is 32.6 Å². The van der Waals surface area contributed by atoms with E-state index in [1.807, 2.05) is 124 Å². The molecule has 0 saturated heterocycles. The van der Waals surface area contributed by atoms with Crippen molar-refractivity contribution < 1.29 is 5.58 Å². The molecule has 0 amide bonds. The fraction of sp³-hybridized carbons (Fsp3) is 0. The third-order valence-corrected chi connectivity index (χ3v) is 6.98. The summed E-state index contributed by atoms with van der Waals surface area (Å²) >= 11 is 0. The Balaban J connectivity index is 1.67. The topological polar surface area (TPSA) is 26.9 Å². The summed E-state index contributed by atoms with van der Waals surface area (Å²) in [7, 11) is -1.61. The SMILES string of the molecule is [2H]c1c(S(=O)c2cc3ccccc3n2-c2ccccc2)n(-c2ccccc2)c2ccccc12. The van der Waals surface area contributed by atoms with E-state index in [1.54, 1.807) is 0 Å². The lowest BCUT2D eigenvalue weighted by atomic mass is 10.2. The Kier molecular flexibility index (Phi) is 4.25. The number of para-hydroxylation sites is 4. The first-order chi connectivity index (χ1) is 16.2. The fourth-order valence-corrected chi connectivity index (χ4v) is 5.60. The Morgan fingerprint density at radius 3 is 1.66 bits per heavy atom. The van der Waals surface area contributed by atoms with Crippen molar-refractivity contribution in [3.05, 3.63) is 121 Å². The molecule has 6 rings (SSSR count). The maximum Gasteiger partial charge on any atom is 0.119 e. The highest BCUT2D eigenvalue weighted by atomic mass is 32.2. The lowest BCUT2D eigenvalue weighted by Gasteiger charge is -2.13. The van der Waals surface area contributed by atoms with E-state index in [0.29, 0.717) is 10.1 Å². The van der Waals surface area contributed by atoms with Gasteiger partial charge in [-0.25, -0.2) is 4.21 Å². The Morgan fingerprint density at radius 1 is 0.562 bits per heavy atom. The van der Waals surface area contributed by atoms with Gasteiger partial charge in [-0.3, -0.25) is 0 Å². The summed E-state index contributed by atoms with van der Waals surface area (Å²) in [6.45, 7) is 0. The highest BCUT2D eigenvalue weighted by molar-refractivity contribution is 7.85. The third-order valence-electron chi connectivity index (χ3n) is 5.66. The molecule has 0 aliphatic carbocycles. The molecule has 0 saturated carbocycles. The molecule has 1 atom stereocenters. The molecule has 154 valence electrons. The summed E-state index contributed by atoms with van der Waals surface area (Å²) in [5, 5.41) is 2.92. The van der Waals surface area contributed by atoms with Gasteiger partial charge in [0.1, 0.15) is 20.9 Å². The van der Waals surface area contributed by atoms with Crippen molar-refractivity contribution in [3.8, 4) is 11.4 Å². The fourth-order valence-electron chi connectivity index (χ4n) is 4.23. The van der Waals surface area contributed by atoms with Gasteiger partial charge in [-0.2, -0.15) is 0 Å². The van der Waals surface area contributed by atoms with Crippen molar-refractivity contribution in [1.82, 2.24) is 9.13 Å². The van der Waals surface area contributed by atoms with Crippen LogP contribution in [-0.4, -0.2) is 13.3 Å². The maximum atomic E-state index is 14.3. The van der Waals surface area contributed by atoms with Crippen molar-refractivity contribution in [2.45, 2.75) is 10.1 Å². The van der Waals surface area contributed by atoms with Gasteiger partial charge in [0.2, 0.25) is 0 Å². The zero-order valence-electron chi connectivity index (χ0n) is 18.2. The van der Waals surface area contributed by atoms with Crippen LogP contribution in [0.4, 0.5) is 0 Å². The van der Waals surface area contributed by atoms with E-state index < -0.39 is 10.8 Å². The van der Waals surface area contributed by atoms with Crippen LogP contribution >= 0.6 is 0 Å². The van der Waals surface area contributed by atoms with E-state index >= 15 is 0 Å². The number of aromatic nitrogens is 2. The Bertz CT molecular complexity index is 1640. The molecule has 1 unspecified atom stereocenters. The Labute approximate surface area is 190 Å². The van der Waals surface area contributed by atoms with Crippen LogP contribution in [-0.2, 0) is 10.8 Å². The second kappa shape index (κ2) is 7.66. The second-order valence-electron chi connectivity index (χ2n) is 7.60. The highest BCUT2D eigenvalue weighted by Crippen LogP contribution is 2.33. The summed E-state index contributed by atoms with van der Waals surface area (Å²) in [6, 6.07) is 37.9. The average Bonchev–Trinajstić information content (AvgIpc) is 3.41. The minimum atomic E-state index is -1.61. The smallest absolute Gasteiger partial charge is 0.119 e. The minimum Gasteiger partial charge on any atom is -0.302 e. The van der Waals surface area contributed by atoms with E-state index in [4.69, 9.17) is 1.37 Å². The zero-order chi connectivity index (χ0) is 22.4. The molecule has 0 spiro atoms. The average molecular weight is 434 g/mol. The van der Waals surface area contributed by atoms with Crippen LogP contribution in [0.25, 0.3) is 33.2 Å². The van der Waals surface area contributed by atoms with Crippen molar-refractivity contribution in [1.29, 1.82) is 0 Å². The van der Waals surface area contributed by atoms with Gasteiger partial charge in [0.15, 0.2) is 0 Å². The Morgan fingerprint density at radius 2 is 1.03 bits per heavy atom. The number of hydrogen-bond acceptors (Lipinski definition) is 1. The number of rotatable bonds is 4. The molecule has 2 heterocycles.